The van der Waals surface area contributed by atoms with Crippen molar-refractivity contribution in [2.75, 3.05) is 25.1 Å². The number of hydrogen-bond donors (Lipinski definition) is 1. The van der Waals surface area contributed by atoms with Crippen LogP contribution in [-0.2, 0) is 14.8 Å². The predicted octanol–water partition coefficient (Wildman–Crippen LogP) is 4.39. The molecule has 0 saturated heterocycles. The molecule has 7 nitrogen and oxygen atoms in total. The van der Waals surface area contributed by atoms with Crippen molar-refractivity contribution in [1.82, 2.24) is 5.32 Å². The fourth-order valence-corrected chi connectivity index (χ4v) is 5.13. The zero-order valence-corrected chi connectivity index (χ0v) is 20.8. The van der Waals surface area contributed by atoms with Gasteiger partial charge >= 0.3 is 0 Å². The lowest BCUT2D eigenvalue weighted by atomic mass is 10.1. The Morgan fingerprint density at radius 2 is 1.62 bits per heavy atom. The van der Waals surface area contributed by atoms with E-state index in [1.807, 2.05) is 39.0 Å². The van der Waals surface area contributed by atoms with Crippen LogP contribution in [0, 0.1) is 13.8 Å². The first-order chi connectivity index (χ1) is 16.2. The molecule has 3 rings (SSSR count). The second-order valence-corrected chi connectivity index (χ2v) is 9.88. The Morgan fingerprint density at radius 3 is 2.26 bits per heavy atom. The lowest BCUT2D eigenvalue weighted by Crippen LogP contribution is -2.42. The summed E-state index contributed by atoms with van der Waals surface area (Å²) < 4.78 is 38.9. The normalized spacial score (nSPS) is 12.0. The van der Waals surface area contributed by atoms with Gasteiger partial charge in [0.15, 0.2) is 11.5 Å². The summed E-state index contributed by atoms with van der Waals surface area (Å²) in [5, 5.41) is 2.90. The summed E-state index contributed by atoms with van der Waals surface area (Å²) in [6.45, 7) is 5.17. The number of nitrogens with zero attached hydrogens (tertiary/aromatic N) is 1. The Morgan fingerprint density at radius 1 is 0.941 bits per heavy atom. The van der Waals surface area contributed by atoms with Crippen molar-refractivity contribution in [1.29, 1.82) is 0 Å². The SMILES string of the molecule is COc1ccc(C(C)NC(=O)CN(c2cc(C)ccc2C)S(=O)(=O)c2ccccc2)cc1OC. The van der Waals surface area contributed by atoms with Gasteiger partial charge in [0.25, 0.3) is 10.0 Å². The second kappa shape index (κ2) is 10.6. The number of nitrogens with one attached hydrogen (secondary N) is 1. The molecule has 34 heavy (non-hydrogen) atoms. The average Bonchev–Trinajstić information content (AvgIpc) is 2.84. The van der Waals surface area contributed by atoms with Crippen LogP contribution in [0.15, 0.2) is 71.6 Å². The molecule has 180 valence electrons. The number of rotatable bonds is 9. The Hall–Kier alpha value is -3.52. The largest absolute Gasteiger partial charge is 0.493 e. The van der Waals surface area contributed by atoms with E-state index in [1.165, 1.54) is 16.4 Å². The van der Waals surface area contributed by atoms with Crippen LogP contribution in [0.5, 0.6) is 11.5 Å². The molecule has 0 aliphatic rings. The third-order valence-electron chi connectivity index (χ3n) is 5.54. The first kappa shape index (κ1) is 25.1. The molecule has 3 aromatic rings. The number of hydrogen-bond acceptors (Lipinski definition) is 5. The highest BCUT2D eigenvalue weighted by molar-refractivity contribution is 7.92. The summed E-state index contributed by atoms with van der Waals surface area (Å²) >= 11 is 0. The van der Waals surface area contributed by atoms with E-state index in [0.29, 0.717) is 17.2 Å². The molecule has 0 aromatic heterocycles. The molecule has 0 spiro atoms. The fourth-order valence-electron chi connectivity index (χ4n) is 3.63. The quantitative estimate of drug-likeness (QED) is 0.489. The summed E-state index contributed by atoms with van der Waals surface area (Å²) in [4.78, 5) is 13.2. The van der Waals surface area contributed by atoms with E-state index in [4.69, 9.17) is 9.47 Å². The number of carbonyl (C=O) groups is 1. The Kier molecular flexibility index (Phi) is 7.83. The van der Waals surface area contributed by atoms with Crippen LogP contribution in [0.4, 0.5) is 5.69 Å². The van der Waals surface area contributed by atoms with E-state index in [9.17, 15) is 13.2 Å². The third kappa shape index (κ3) is 5.51. The van der Waals surface area contributed by atoms with Gasteiger partial charge in [0.1, 0.15) is 6.54 Å². The van der Waals surface area contributed by atoms with E-state index < -0.39 is 15.9 Å². The summed E-state index contributed by atoms with van der Waals surface area (Å²) in [6, 6.07) is 18.7. The van der Waals surface area contributed by atoms with Gasteiger partial charge < -0.3 is 14.8 Å². The number of benzene rings is 3. The highest BCUT2D eigenvalue weighted by Gasteiger charge is 2.28. The number of methoxy groups -OCH3 is 2. The number of aryl methyl sites for hydroxylation is 2. The zero-order valence-electron chi connectivity index (χ0n) is 20.0. The van der Waals surface area contributed by atoms with Crippen molar-refractivity contribution >= 4 is 21.6 Å². The van der Waals surface area contributed by atoms with Crippen LogP contribution in [0.25, 0.3) is 0 Å². The molecule has 0 fully saturated rings. The number of anilines is 1. The number of carbonyl (C=O) groups excluding carboxylic acids is 1. The van der Waals surface area contributed by atoms with E-state index in [0.717, 1.165) is 16.7 Å². The molecule has 1 unspecified atom stereocenters. The van der Waals surface area contributed by atoms with Gasteiger partial charge in [-0.1, -0.05) is 36.4 Å². The van der Waals surface area contributed by atoms with Crippen LogP contribution < -0.4 is 19.1 Å². The third-order valence-corrected chi connectivity index (χ3v) is 7.31. The van der Waals surface area contributed by atoms with Crippen LogP contribution in [0.2, 0.25) is 0 Å². The molecular formula is C26H30N2O5S. The van der Waals surface area contributed by atoms with E-state index in [-0.39, 0.29) is 17.5 Å². The van der Waals surface area contributed by atoms with Crippen molar-refractivity contribution < 1.29 is 22.7 Å². The minimum Gasteiger partial charge on any atom is -0.493 e. The summed E-state index contributed by atoms with van der Waals surface area (Å²) in [5.74, 6) is 0.701. The molecule has 1 amide bonds. The van der Waals surface area contributed by atoms with Gasteiger partial charge in [-0.2, -0.15) is 0 Å². The van der Waals surface area contributed by atoms with Crippen molar-refractivity contribution in [2.24, 2.45) is 0 Å². The Bertz CT molecular complexity index is 1260. The van der Waals surface area contributed by atoms with Crippen LogP contribution >= 0.6 is 0 Å². The Balaban J connectivity index is 1.91. The smallest absolute Gasteiger partial charge is 0.264 e. The predicted molar refractivity (Wildman–Crippen MR) is 133 cm³/mol. The number of amides is 1. The maximum atomic E-state index is 13.6. The minimum atomic E-state index is -3.97. The molecule has 8 heteroatoms. The molecule has 0 bridgehead atoms. The molecule has 0 aliphatic heterocycles. The lowest BCUT2D eigenvalue weighted by Gasteiger charge is -2.27. The summed E-state index contributed by atoms with van der Waals surface area (Å²) in [5.41, 5.74) is 2.92. The van der Waals surface area contributed by atoms with Gasteiger partial charge in [0.05, 0.1) is 30.8 Å². The van der Waals surface area contributed by atoms with Crippen LogP contribution in [0.1, 0.15) is 29.7 Å². The molecular weight excluding hydrogens is 452 g/mol. The van der Waals surface area contributed by atoms with E-state index >= 15 is 0 Å². The van der Waals surface area contributed by atoms with Gasteiger partial charge in [-0.3, -0.25) is 9.10 Å². The second-order valence-electron chi connectivity index (χ2n) is 8.02. The number of sulfonamides is 1. The standard InChI is InChI=1S/C26H30N2O5S/c1-18-11-12-19(2)23(15-18)28(34(30,31)22-9-7-6-8-10-22)17-26(29)27-20(3)21-13-14-24(32-4)25(16-21)33-5/h6-16,20H,17H2,1-5H3,(H,27,29). The van der Waals surface area contributed by atoms with Crippen molar-refractivity contribution in [3.63, 3.8) is 0 Å². The van der Waals surface area contributed by atoms with Crippen LogP contribution in [0.3, 0.4) is 0 Å². The maximum Gasteiger partial charge on any atom is 0.264 e. The highest BCUT2D eigenvalue weighted by atomic mass is 32.2. The molecule has 0 heterocycles. The number of ether oxygens (including phenoxy) is 2. The summed E-state index contributed by atoms with van der Waals surface area (Å²) in [7, 11) is -0.876. The first-order valence-electron chi connectivity index (χ1n) is 10.8. The lowest BCUT2D eigenvalue weighted by molar-refractivity contribution is -0.120. The molecule has 3 aromatic carbocycles. The first-order valence-corrected chi connectivity index (χ1v) is 12.3. The Labute approximate surface area is 201 Å². The van der Waals surface area contributed by atoms with Gasteiger partial charge in [-0.15, -0.1) is 0 Å². The molecule has 0 aliphatic carbocycles. The average molecular weight is 483 g/mol. The van der Waals surface area contributed by atoms with Crippen LogP contribution in [-0.4, -0.2) is 35.1 Å². The van der Waals surface area contributed by atoms with Gasteiger partial charge in [-0.25, -0.2) is 8.42 Å². The van der Waals surface area contributed by atoms with Crippen molar-refractivity contribution in [3.05, 3.63) is 83.4 Å². The summed E-state index contributed by atoms with van der Waals surface area (Å²) in [6.07, 6.45) is 0. The molecule has 0 saturated carbocycles. The monoisotopic (exact) mass is 482 g/mol. The van der Waals surface area contributed by atoms with Gasteiger partial charge in [-0.05, 0) is 67.8 Å². The van der Waals surface area contributed by atoms with Crippen molar-refractivity contribution in [3.8, 4) is 11.5 Å². The van der Waals surface area contributed by atoms with Crippen molar-refractivity contribution in [2.45, 2.75) is 31.7 Å². The fraction of sp³-hybridized carbons (Fsp3) is 0.269. The zero-order chi connectivity index (χ0) is 24.9. The minimum absolute atomic E-state index is 0.122. The topological polar surface area (TPSA) is 84.9 Å². The van der Waals surface area contributed by atoms with Gasteiger partial charge in [0, 0.05) is 0 Å². The van der Waals surface area contributed by atoms with E-state index in [1.54, 1.807) is 50.6 Å². The molecule has 1 atom stereocenters. The van der Waals surface area contributed by atoms with E-state index in [2.05, 4.69) is 5.32 Å². The molecule has 1 N–H and O–H groups in total. The maximum absolute atomic E-state index is 13.6. The molecule has 0 radical (unpaired) electrons. The highest BCUT2D eigenvalue weighted by Crippen LogP contribution is 2.30. The van der Waals surface area contributed by atoms with Gasteiger partial charge in [0.2, 0.25) is 5.91 Å².